The summed E-state index contributed by atoms with van der Waals surface area (Å²) in [6.45, 7) is 1.11. The molecule has 4 nitrogen and oxygen atoms in total. The standard InChI is InChI=1S/C12H12FN3O/c13-9-5-3-8(4-6-9)11-15-12(17-16-11)10-2-1-7-14-10/h3-6,10,14H,1-2,7H2/p+1/t10-/m1/s1. The van der Waals surface area contributed by atoms with Gasteiger partial charge in [0, 0.05) is 18.4 Å². The Balaban J connectivity index is 1.86. The molecule has 1 atom stereocenters. The van der Waals surface area contributed by atoms with Crippen molar-refractivity contribution in [3.63, 3.8) is 0 Å². The summed E-state index contributed by atoms with van der Waals surface area (Å²) in [6, 6.07) is 6.39. The first-order valence-corrected chi connectivity index (χ1v) is 5.76. The highest BCUT2D eigenvalue weighted by Gasteiger charge is 2.26. The van der Waals surface area contributed by atoms with Crippen LogP contribution in [0, 0.1) is 5.82 Å². The number of nitrogens with zero attached hydrogens (tertiary/aromatic N) is 2. The predicted molar refractivity (Wildman–Crippen MR) is 58.5 cm³/mol. The number of benzene rings is 1. The lowest BCUT2D eigenvalue weighted by Gasteiger charge is -1.98. The van der Waals surface area contributed by atoms with Crippen molar-refractivity contribution in [1.29, 1.82) is 0 Å². The molecule has 1 aromatic heterocycles. The number of aromatic nitrogens is 2. The van der Waals surface area contributed by atoms with Crippen molar-refractivity contribution in [3.8, 4) is 11.4 Å². The average molecular weight is 234 g/mol. The summed E-state index contributed by atoms with van der Waals surface area (Å²) >= 11 is 0. The lowest BCUT2D eigenvalue weighted by atomic mass is 10.2. The van der Waals surface area contributed by atoms with E-state index in [2.05, 4.69) is 15.5 Å². The van der Waals surface area contributed by atoms with E-state index in [1.54, 1.807) is 12.1 Å². The first kappa shape index (κ1) is 10.4. The quantitative estimate of drug-likeness (QED) is 0.851. The Bertz CT molecular complexity index is 503. The topological polar surface area (TPSA) is 55.5 Å². The maximum atomic E-state index is 12.8. The third-order valence-electron chi connectivity index (χ3n) is 3.03. The van der Waals surface area contributed by atoms with Crippen LogP contribution in [0.15, 0.2) is 28.8 Å². The van der Waals surface area contributed by atoms with Gasteiger partial charge in [-0.15, -0.1) is 0 Å². The third-order valence-corrected chi connectivity index (χ3v) is 3.03. The van der Waals surface area contributed by atoms with Crippen molar-refractivity contribution in [3.05, 3.63) is 36.0 Å². The predicted octanol–water partition coefficient (Wildman–Crippen LogP) is 1.27. The van der Waals surface area contributed by atoms with Gasteiger partial charge >= 0.3 is 0 Å². The first-order chi connectivity index (χ1) is 8.33. The molecule has 1 fully saturated rings. The van der Waals surface area contributed by atoms with Crippen LogP contribution in [0.2, 0.25) is 0 Å². The van der Waals surface area contributed by atoms with Gasteiger partial charge in [-0.2, -0.15) is 4.98 Å². The molecule has 0 saturated carbocycles. The van der Waals surface area contributed by atoms with Crippen LogP contribution in [0.3, 0.4) is 0 Å². The second-order valence-corrected chi connectivity index (χ2v) is 4.24. The van der Waals surface area contributed by atoms with Crippen molar-refractivity contribution in [2.45, 2.75) is 18.9 Å². The number of hydrogen-bond acceptors (Lipinski definition) is 3. The Hall–Kier alpha value is -1.75. The van der Waals surface area contributed by atoms with Crippen LogP contribution in [-0.2, 0) is 0 Å². The zero-order valence-electron chi connectivity index (χ0n) is 9.27. The van der Waals surface area contributed by atoms with Gasteiger partial charge in [0.1, 0.15) is 5.82 Å². The molecule has 0 aliphatic carbocycles. The van der Waals surface area contributed by atoms with Crippen LogP contribution < -0.4 is 5.32 Å². The number of rotatable bonds is 2. The SMILES string of the molecule is Fc1ccc(-c2noc([C@H]3CCC[NH2+]3)n2)cc1. The summed E-state index contributed by atoms with van der Waals surface area (Å²) in [5, 5.41) is 6.14. The Morgan fingerprint density at radius 3 is 2.82 bits per heavy atom. The first-order valence-electron chi connectivity index (χ1n) is 5.76. The van der Waals surface area contributed by atoms with Gasteiger partial charge in [0.15, 0.2) is 6.04 Å². The van der Waals surface area contributed by atoms with E-state index >= 15 is 0 Å². The molecule has 0 amide bonds. The Morgan fingerprint density at radius 2 is 2.12 bits per heavy atom. The molecule has 5 heteroatoms. The molecule has 1 aliphatic heterocycles. The summed E-state index contributed by atoms with van der Waals surface area (Å²) < 4.78 is 18.0. The highest BCUT2D eigenvalue weighted by molar-refractivity contribution is 5.53. The van der Waals surface area contributed by atoms with Crippen molar-refractivity contribution in [1.82, 2.24) is 10.1 Å². The molecule has 1 saturated heterocycles. The molecule has 0 spiro atoms. The minimum absolute atomic E-state index is 0.262. The molecule has 2 heterocycles. The van der Waals surface area contributed by atoms with Crippen molar-refractivity contribution >= 4 is 0 Å². The lowest BCUT2D eigenvalue weighted by Crippen LogP contribution is -2.81. The zero-order valence-corrected chi connectivity index (χ0v) is 9.27. The van der Waals surface area contributed by atoms with Gasteiger partial charge in [0.25, 0.3) is 5.89 Å². The zero-order chi connectivity index (χ0) is 11.7. The minimum atomic E-state index is -0.262. The fourth-order valence-electron chi connectivity index (χ4n) is 2.10. The van der Waals surface area contributed by atoms with Crippen molar-refractivity contribution in [2.75, 3.05) is 6.54 Å². The fraction of sp³-hybridized carbons (Fsp3) is 0.333. The summed E-state index contributed by atoms with van der Waals surface area (Å²) in [5.41, 5.74) is 0.777. The van der Waals surface area contributed by atoms with Gasteiger partial charge < -0.3 is 9.84 Å². The maximum Gasteiger partial charge on any atom is 0.285 e. The summed E-state index contributed by atoms with van der Waals surface area (Å²) in [5.74, 6) is 0.934. The Morgan fingerprint density at radius 1 is 1.29 bits per heavy atom. The average Bonchev–Trinajstić information content (AvgIpc) is 3.00. The lowest BCUT2D eigenvalue weighted by molar-refractivity contribution is -0.678. The van der Waals surface area contributed by atoms with Crippen LogP contribution in [-0.4, -0.2) is 16.7 Å². The van der Waals surface area contributed by atoms with Gasteiger partial charge in [0.05, 0.1) is 6.54 Å². The number of quaternary nitrogens is 1. The molecule has 1 aliphatic rings. The van der Waals surface area contributed by atoms with E-state index in [4.69, 9.17) is 4.52 Å². The molecule has 1 aromatic carbocycles. The van der Waals surface area contributed by atoms with Gasteiger partial charge in [-0.05, 0) is 24.3 Å². The molecule has 0 bridgehead atoms. The highest BCUT2D eigenvalue weighted by atomic mass is 19.1. The van der Waals surface area contributed by atoms with E-state index in [-0.39, 0.29) is 11.9 Å². The van der Waals surface area contributed by atoms with E-state index in [0.717, 1.165) is 18.5 Å². The van der Waals surface area contributed by atoms with Gasteiger partial charge in [0.2, 0.25) is 5.82 Å². The number of nitrogens with two attached hydrogens (primary N) is 1. The van der Waals surface area contributed by atoms with E-state index in [0.29, 0.717) is 11.7 Å². The molecule has 88 valence electrons. The van der Waals surface area contributed by atoms with E-state index < -0.39 is 0 Å². The van der Waals surface area contributed by atoms with Crippen molar-refractivity contribution in [2.24, 2.45) is 0 Å². The highest BCUT2D eigenvalue weighted by Crippen LogP contribution is 2.20. The van der Waals surface area contributed by atoms with E-state index in [1.165, 1.54) is 18.6 Å². The fourth-order valence-corrected chi connectivity index (χ4v) is 2.10. The second kappa shape index (κ2) is 4.25. The van der Waals surface area contributed by atoms with E-state index in [9.17, 15) is 4.39 Å². The van der Waals surface area contributed by atoms with Gasteiger partial charge in [-0.25, -0.2) is 4.39 Å². The monoisotopic (exact) mass is 234 g/mol. The molecule has 2 N–H and O–H groups in total. The largest absolute Gasteiger partial charge is 0.336 e. The molecule has 2 aromatic rings. The Kier molecular flexibility index (Phi) is 2.60. The third kappa shape index (κ3) is 2.06. The minimum Gasteiger partial charge on any atom is -0.336 e. The second-order valence-electron chi connectivity index (χ2n) is 4.24. The number of hydrogen-bond donors (Lipinski definition) is 1. The van der Waals surface area contributed by atoms with Crippen LogP contribution >= 0.6 is 0 Å². The van der Waals surface area contributed by atoms with Crippen LogP contribution in [0.1, 0.15) is 24.8 Å². The Labute approximate surface area is 97.8 Å². The van der Waals surface area contributed by atoms with Crippen LogP contribution in [0.4, 0.5) is 4.39 Å². The normalized spacial score (nSPS) is 19.7. The summed E-state index contributed by atoms with van der Waals surface area (Å²) in [6.07, 6.45) is 2.25. The molecular formula is C12H13FN3O+. The summed E-state index contributed by atoms with van der Waals surface area (Å²) in [4.78, 5) is 4.36. The molecule has 0 unspecified atom stereocenters. The smallest absolute Gasteiger partial charge is 0.285 e. The van der Waals surface area contributed by atoms with Crippen LogP contribution in [0.25, 0.3) is 11.4 Å². The van der Waals surface area contributed by atoms with Gasteiger partial charge in [-0.1, -0.05) is 5.16 Å². The van der Waals surface area contributed by atoms with E-state index in [1.807, 2.05) is 0 Å². The molecular weight excluding hydrogens is 221 g/mol. The molecule has 0 radical (unpaired) electrons. The van der Waals surface area contributed by atoms with Gasteiger partial charge in [-0.3, -0.25) is 0 Å². The van der Waals surface area contributed by atoms with Crippen molar-refractivity contribution < 1.29 is 14.2 Å². The number of halogens is 1. The molecule has 17 heavy (non-hydrogen) atoms. The van der Waals surface area contributed by atoms with Crippen LogP contribution in [0.5, 0.6) is 0 Å². The maximum absolute atomic E-state index is 12.8. The molecule has 3 rings (SSSR count). The summed E-state index contributed by atoms with van der Waals surface area (Å²) in [7, 11) is 0.